The number of carbonyl (C=O) groups excluding carboxylic acids is 2. The van der Waals surface area contributed by atoms with Crippen molar-refractivity contribution in [3.8, 4) is 45.6 Å². The third kappa shape index (κ3) is 28.2. The fourth-order valence-electron chi connectivity index (χ4n) is 8.42. The number of ether oxygens (including phenoxy) is 3. The molecule has 0 spiro atoms. The van der Waals surface area contributed by atoms with Gasteiger partial charge in [-0.15, -0.1) is 0 Å². The molecule has 0 saturated heterocycles. The van der Waals surface area contributed by atoms with Crippen LogP contribution in [0.1, 0.15) is 110 Å². The first-order valence-electron chi connectivity index (χ1n) is 29.2. The minimum Gasteiger partial charge on any atom is -0.665 e. The molecule has 0 unspecified atom stereocenters. The first-order chi connectivity index (χ1) is 42.3. The summed E-state index contributed by atoms with van der Waals surface area (Å²) in [5, 5.41) is 18.0. The summed E-state index contributed by atoms with van der Waals surface area (Å²) in [6.45, 7) is 37.7. The zero-order valence-corrected chi connectivity index (χ0v) is 58.7. The topological polar surface area (TPSA) is 160 Å². The Morgan fingerprint density at radius 1 is 0.378 bits per heavy atom. The first-order valence-corrected chi connectivity index (χ1v) is 29.2. The molecule has 0 heterocycles. The number of benzene rings is 9. The molecule has 12 heteroatoms. The molecular weight excluding hydrogens is 1200 g/mol. The van der Waals surface area contributed by atoms with Crippen molar-refractivity contribution in [1.29, 1.82) is 0 Å². The van der Waals surface area contributed by atoms with Gasteiger partial charge in [0, 0.05) is 38.1 Å². The minimum absolute atomic E-state index is 0. The Kier molecular flexibility index (Phi) is 37.3. The maximum Gasteiger partial charge on any atom is 0.127 e. The summed E-state index contributed by atoms with van der Waals surface area (Å²) in [6, 6.07) is 63.1. The summed E-state index contributed by atoms with van der Waals surface area (Å²) in [5.41, 5.74) is 23.2. The molecule has 90 heavy (non-hydrogen) atoms. The molecule has 4 N–H and O–H groups in total. The van der Waals surface area contributed by atoms with Crippen molar-refractivity contribution in [2.24, 2.45) is 0 Å². The number of aliphatic hydroxyl groups excluding tert-OH is 2. The van der Waals surface area contributed by atoms with Gasteiger partial charge < -0.3 is 54.2 Å². The number of rotatable bonds is 12. The van der Waals surface area contributed by atoms with Crippen LogP contribution in [0.3, 0.4) is 0 Å². The third-order valence-electron chi connectivity index (χ3n) is 14.7. The van der Waals surface area contributed by atoms with Gasteiger partial charge in [0.1, 0.15) is 34.5 Å². The standard InChI is InChI=1S/C31H32O2.C16H18O.C16H18.C8H10.C3H6NO.C2H4NO.2CHO2.Y/c1-21-7-13-29(19-23(21)3)32-27-15-9-25(10-16-27)31(5,6)26-11-17-28(18-12-26)33-30-14-8-22(2)24(4)20-30;1-11-5-7-15(9-13(11)3)17-16-8-6-12(2)14(4)10-16;1-11-8-9-15(10-13(11)3)16-7-5-6-12(2)14(16)4;1-7-4-3-5-8(2)6-7;1-2-4-3-5;1-3-2-4;2*2-1-3;/h7-20H,1-6H3;5-10H,1-4H3;5-10H,1-4H3;3-6H,1-2H3;2H2,1H3,(H,4,5);1H3,(H,3,4);2*(H,2,3);/q;;;;4*-1;. The second-order valence-electron chi connectivity index (χ2n) is 21.8. The minimum atomic E-state index is -0.141. The maximum absolute atomic E-state index is 9.17. The number of nitrogens with one attached hydrogen (secondary N) is 2. The van der Waals surface area contributed by atoms with Gasteiger partial charge in [0.15, 0.2) is 0 Å². The van der Waals surface area contributed by atoms with Crippen LogP contribution in [0.4, 0.5) is 0 Å². The number of aryl methyl sites for hydroxylation is 13. The molecule has 0 aromatic heterocycles. The van der Waals surface area contributed by atoms with Crippen molar-refractivity contribution >= 4 is 25.8 Å². The van der Waals surface area contributed by atoms with Gasteiger partial charge in [0.2, 0.25) is 0 Å². The van der Waals surface area contributed by atoms with Crippen molar-refractivity contribution in [1.82, 2.24) is 10.6 Å². The molecule has 0 saturated carbocycles. The molecule has 2 amide bonds. The molecule has 0 aliphatic heterocycles. The van der Waals surface area contributed by atoms with Gasteiger partial charge in [-0.25, -0.2) is 0 Å². The van der Waals surface area contributed by atoms with Gasteiger partial charge in [0.05, 0.1) is 0 Å². The van der Waals surface area contributed by atoms with Crippen LogP contribution in [0.5, 0.6) is 34.5 Å². The molecule has 0 bridgehead atoms. The quantitative estimate of drug-likeness (QED) is 0.0689. The largest absolute Gasteiger partial charge is 0.665 e. The Morgan fingerprint density at radius 3 is 0.944 bits per heavy atom. The van der Waals surface area contributed by atoms with E-state index in [1.54, 1.807) is 0 Å². The Balaban J connectivity index is 0.000000600. The van der Waals surface area contributed by atoms with Crippen LogP contribution in [0.2, 0.25) is 0 Å². The normalized spacial score (nSPS) is 9.67. The van der Waals surface area contributed by atoms with Gasteiger partial charge >= 0.3 is 0 Å². The molecule has 0 fully saturated rings. The Morgan fingerprint density at radius 2 is 0.678 bits per heavy atom. The number of hydrogen-bond donors (Lipinski definition) is 4. The fourth-order valence-corrected chi connectivity index (χ4v) is 8.42. The zero-order chi connectivity index (χ0) is 66.6. The number of amides is 2. The van der Waals surface area contributed by atoms with Crippen LogP contribution in [0.15, 0.2) is 182 Å². The SMILES string of the molecule is CCN[C-]=O.CN[C-]=O.Cc1ccc(-c2cccc(C)c2C)cc1C.Cc1ccc(Oc2ccc(C(C)(C)c3ccc(Oc4ccc(C)c(C)c4)cc3)cc2)cc1C.Cc1ccc(Oc2ccc(C)c(C)c2)cc1C.Cc1cccc(C)c1.O=[C-]O.O=[C-]O.[Y]. The first kappa shape index (κ1) is 79.4. The summed E-state index contributed by atoms with van der Waals surface area (Å²) in [7, 11) is 1.51. The Hall–Kier alpha value is -8.64. The maximum atomic E-state index is 9.17. The molecule has 9 aromatic rings. The monoisotopic (exact) mass is 1290 g/mol. The summed E-state index contributed by atoms with van der Waals surface area (Å²) >= 11 is 0. The van der Waals surface area contributed by atoms with Gasteiger partial charge in [-0.2, -0.15) is 12.8 Å². The average molecular weight is 1290 g/mol. The van der Waals surface area contributed by atoms with E-state index >= 15 is 0 Å². The smallest absolute Gasteiger partial charge is 0.127 e. The van der Waals surface area contributed by atoms with Crippen LogP contribution in [0, 0.1) is 96.9 Å². The van der Waals surface area contributed by atoms with Crippen LogP contribution < -0.4 is 24.8 Å². The van der Waals surface area contributed by atoms with Crippen molar-refractivity contribution in [2.75, 3.05) is 13.6 Å². The second kappa shape index (κ2) is 42.3. The van der Waals surface area contributed by atoms with Gasteiger partial charge in [0.25, 0.3) is 0 Å². The van der Waals surface area contributed by atoms with Gasteiger partial charge in [-0.1, -0.05) is 154 Å². The molecule has 1 radical (unpaired) electrons. The molecule has 0 aliphatic rings. The summed E-state index contributed by atoms with van der Waals surface area (Å²) < 4.78 is 18.0. The molecule has 9 rings (SSSR count). The van der Waals surface area contributed by atoms with E-state index in [0.717, 1.165) is 34.5 Å². The number of hydrogen-bond acceptors (Lipinski definition) is 7. The van der Waals surface area contributed by atoms with Crippen LogP contribution >= 0.6 is 0 Å². The Labute approximate surface area is 562 Å². The third-order valence-corrected chi connectivity index (χ3v) is 14.7. The Bertz CT molecular complexity index is 3440. The predicted octanol–water partition coefficient (Wildman–Crippen LogP) is 18.6. The van der Waals surface area contributed by atoms with Gasteiger partial charge in [-0.05, 0) is 272 Å². The molecule has 0 aliphatic carbocycles. The van der Waals surface area contributed by atoms with E-state index in [9.17, 15) is 0 Å². The van der Waals surface area contributed by atoms with E-state index < -0.39 is 0 Å². The molecule has 0 atom stereocenters. The zero-order valence-electron chi connectivity index (χ0n) is 55.9. The summed E-state index contributed by atoms with van der Waals surface area (Å²) in [5.74, 6) is 5.21. The van der Waals surface area contributed by atoms with E-state index in [1.165, 1.54) is 120 Å². The molecule has 9 aromatic carbocycles. The van der Waals surface area contributed by atoms with Crippen molar-refractivity contribution < 1.29 is 76.3 Å². The van der Waals surface area contributed by atoms with Crippen molar-refractivity contribution in [3.63, 3.8) is 0 Å². The second-order valence-corrected chi connectivity index (χ2v) is 21.8. The summed E-state index contributed by atoms with van der Waals surface area (Å²) in [4.78, 5) is 34.6. The molecule has 473 valence electrons. The van der Waals surface area contributed by atoms with E-state index in [-0.39, 0.29) is 38.1 Å². The van der Waals surface area contributed by atoms with Crippen LogP contribution in [0.25, 0.3) is 11.1 Å². The van der Waals surface area contributed by atoms with E-state index in [4.69, 9.17) is 43.6 Å². The van der Waals surface area contributed by atoms with E-state index in [0.29, 0.717) is 19.5 Å². The van der Waals surface area contributed by atoms with Crippen molar-refractivity contribution in [2.45, 2.75) is 123 Å². The fraction of sp³-hybridized carbons (Fsp3) is 0.256. The van der Waals surface area contributed by atoms with Crippen molar-refractivity contribution in [3.05, 3.63) is 271 Å². The molecule has 11 nitrogen and oxygen atoms in total. The predicted molar refractivity (Wildman–Crippen MR) is 366 cm³/mol. The van der Waals surface area contributed by atoms with E-state index in [2.05, 4.69) is 255 Å². The molecular formula is C78H90N2O9Y-4. The van der Waals surface area contributed by atoms with Crippen LogP contribution in [-0.2, 0) is 57.3 Å². The van der Waals surface area contributed by atoms with Gasteiger partial charge in [-0.3, -0.25) is 0 Å². The summed E-state index contributed by atoms with van der Waals surface area (Å²) in [6.07, 6.45) is 2.95. The van der Waals surface area contributed by atoms with Crippen LogP contribution in [-0.4, -0.2) is 49.6 Å². The average Bonchev–Trinajstić information content (AvgIpc) is 1.02. The van der Waals surface area contributed by atoms with E-state index in [1.807, 2.05) is 55.5 Å².